The van der Waals surface area contributed by atoms with E-state index >= 15 is 0 Å². The van der Waals surface area contributed by atoms with Crippen molar-refractivity contribution in [2.24, 2.45) is 0 Å². The Bertz CT molecular complexity index is 1540. The fourth-order valence-corrected chi connectivity index (χ4v) is 4.53. The molecule has 1 heterocycles. The summed E-state index contributed by atoms with van der Waals surface area (Å²) in [5.41, 5.74) is 1.50. The number of anilines is 1. The molecule has 0 aliphatic carbocycles. The van der Waals surface area contributed by atoms with Crippen molar-refractivity contribution in [1.82, 2.24) is 4.90 Å². The minimum Gasteiger partial charge on any atom is -0.494 e. The summed E-state index contributed by atoms with van der Waals surface area (Å²) < 4.78 is 88.9. The molecule has 0 bridgehead atoms. The Labute approximate surface area is 242 Å². The zero-order valence-corrected chi connectivity index (χ0v) is 24.1. The number of nitrogens with zero attached hydrogens (tertiary/aromatic N) is 1. The van der Waals surface area contributed by atoms with Gasteiger partial charge in [-0.3, -0.25) is 9.52 Å². The van der Waals surface area contributed by atoms with Crippen molar-refractivity contribution in [3.05, 3.63) is 59.4 Å². The summed E-state index contributed by atoms with van der Waals surface area (Å²) in [4.78, 5) is 14.5. The number of nitrogens with one attached hydrogen (secondary N) is 1. The lowest BCUT2D eigenvalue weighted by Gasteiger charge is -2.21. The van der Waals surface area contributed by atoms with Crippen molar-refractivity contribution in [1.29, 1.82) is 0 Å². The lowest BCUT2D eigenvalue weighted by molar-refractivity contribution is 0.103. The Morgan fingerprint density at radius 2 is 1.59 bits per heavy atom. The number of carbonyl (C=O) groups is 1. The van der Waals surface area contributed by atoms with E-state index in [2.05, 4.69) is 4.72 Å². The van der Waals surface area contributed by atoms with E-state index in [1.165, 1.54) is 0 Å². The van der Waals surface area contributed by atoms with Crippen LogP contribution in [0.15, 0.2) is 46.9 Å². The number of sulfonamides is 1. The summed E-state index contributed by atoms with van der Waals surface area (Å²) >= 11 is 0. The number of ether oxygens (including phenoxy) is 1. The van der Waals surface area contributed by atoms with Crippen LogP contribution in [-0.4, -0.2) is 51.5 Å². The van der Waals surface area contributed by atoms with Gasteiger partial charge in [-0.2, -0.15) is 0 Å². The number of hydrogen-bond acceptors (Lipinski definition) is 6. The predicted octanol–water partition coefficient (Wildman–Crippen LogP) is 7.05. The van der Waals surface area contributed by atoms with Crippen LogP contribution in [0.25, 0.3) is 11.0 Å². The van der Waals surface area contributed by atoms with E-state index < -0.39 is 29.5 Å². The minimum absolute atomic E-state index is 0.0201. The molecule has 3 rings (SSSR count). The Morgan fingerprint density at radius 1 is 0.949 bits per heavy atom. The zero-order valence-electron chi connectivity index (χ0n) is 29.3. The van der Waals surface area contributed by atoms with Crippen LogP contribution < -0.4 is 9.46 Å². The molecule has 0 amide bonds. The van der Waals surface area contributed by atoms with Crippen molar-refractivity contribution >= 4 is 32.5 Å². The molecule has 1 N–H and O–H groups in total. The van der Waals surface area contributed by atoms with Crippen LogP contribution in [0.2, 0.25) is 0 Å². The van der Waals surface area contributed by atoms with E-state index in [0.717, 1.165) is 19.1 Å². The standard InChI is InChI=1S/C31H44N2O5S/c1-5-8-12-29-30(27-23-25(32-39(4,35)36)15-18-28(27)38-29)31(34)24-13-16-26(17-14-24)37-22-11-21-33(19-9-6-2)20-10-7-3/h13-18,23,32H,5-12,19-22H2,1-4H3/i19D2,20D2,21D2. The molecule has 2 aromatic carbocycles. The molecule has 0 fully saturated rings. The first-order valence-electron chi connectivity index (χ1n) is 16.6. The maximum atomic E-state index is 13.8. The van der Waals surface area contributed by atoms with E-state index in [1.807, 2.05) is 6.92 Å². The van der Waals surface area contributed by atoms with Gasteiger partial charge in [-0.1, -0.05) is 40.0 Å². The van der Waals surface area contributed by atoms with Crippen LogP contribution in [0.1, 0.15) is 95.6 Å². The molecular weight excluding hydrogens is 512 g/mol. The van der Waals surface area contributed by atoms with Gasteiger partial charge in [0, 0.05) is 37.8 Å². The van der Waals surface area contributed by atoms with Gasteiger partial charge < -0.3 is 14.1 Å². The molecule has 0 atom stereocenters. The summed E-state index contributed by atoms with van der Waals surface area (Å²) in [5.74, 6) is 0.586. The molecule has 0 spiro atoms. The van der Waals surface area contributed by atoms with Gasteiger partial charge in [-0.05, 0) is 81.1 Å². The van der Waals surface area contributed by atoms with Gasteiger partial charge >= 0.3 is 0 Å². The topological polar surface area (TPSA) is 88.8 Å². The molecule has 214 valence electrons. The molecule has 39 heavy (non-hydrogen) atoms. The quantitative estimate of drug-likeness (QED) is 0.167. The molecule has 0 aliphatic heterocycles. The number of ketones is 1. The van der Waals surface area contributed by atoms with Crippen LogP contribution in [0, 0.1) is 0 Å². The molecular formula is C31H44N2O5S. The third kappa shape index (κ3) is 9.39. The fraction of sp³-hybridized carbons (Fsp3) is 0.516. The number of fused-ring (bicyclic) bond motifs is 1. The third-order valence-corrected chi connectivity index (χ3v) is 6.45. The first-order valence-corrected chi connectivity index (χ1v) is 15.5. The molecule has 0 saturated heterocycles. The van der Waals surface area contributed by atoms with Gasteiger partial charge in [-0.15, -0.1) is 0 Å². The third-order valence-electron chi connectivity index (χ3n) is 5.85. The number of benzene rings is 2. The predicted molar refractivity (Wildman–Crippen MR) is 160 cm³/mol. The molecule has 3 aromatic rings. The maximum Gasteiger partial charge on any atom is 0.229 e. The normalized spacial score (nSPS) is 15.2. The molecule has 0 radical (unpaired) electrons. The Hall–Kier alpha value is -2.84. The van der Waals surface area contributed by atoms with Crippen LogP contribution in [-0.2, 0) is 16.4 Å². The zero-order chi connectivity index (χ0) is 33.6. The van der Waals surface area contributed by atoms with E-state index in [-0.39, 0.29) is 31.7 Å². The van der Waals surface area contributed by atoms with Crippen molar-refractivity contribution in [2.45, 2.75) is 72.1 Å². The number of unbranched alkanes of at least 4 members (excludes halogenated alkanes) is 1. The largest absolute Gasteiger partial charge is 0.494 e. The van der Waals surface area contributed by atoms with Gasteiger partial charge in [0.05, 0.1) is 18.4 Å². The van der Waals surface area contributed by atoms with E-state index in [1.54, 1.807) is 56.3 Å². The van der Waals surface area contributed by atoms with E-state index in [0.29, 0.717) is 63.5 Å². The highest BCUT2D eigenvalue weighted by atomic mass is 32.2. The summed E-state index contributed by atoms with van der Waals surface area (Å²) in [6.07, 6.45) is 3.80. The van der Waals surface area contributed by atoms with Crippen molar-refractivity contribution < 1.29 is 30.6 Å². The fourth-order valence-electron chi connectivity index (χ4n) is 3.98. The number of carbonyl (C=O) groups excluding carboxylic acids is 1. The first-order chi connectivity index (χ1) is 21.0. The van der Waals surface area contributed by atoms with Crippen LogP contribution in [0.5, 0.6) is 5.75 Å². The maximum absolute atomic E-state index is 13.8. The van der Waals surface area contributed by atoms with Crippen molar-refractivity contribution in [3.63, 3.8) is 0 Å². The average molecular weight is 563 g/mol. The summed E-state index contributed by atoms with van der Waals surface area (Å²) in [7, 11) is -3.53. The highest BCUT2D eigenvalue weighted by Crippen LogP contribution is 2.32. The Morgan fingerprint density at radius 3 is 2.21 bits per heavy atom. The molecule has 0 saturated carbocycles. The second-order valence-corrected chi connectivity index (χ2v) is 11.1. The lowest BCUT2D eigenvalue weighted by atomic mass is 9.98. The second-order valence-electron chi connectivity index (χ2n) is 9.35. The van der Waals surface area contributed by atoms with Gasteiger partial charge in [0.1, 0.15) is 17.1 Å². The van der Waals surface area contributed by atoms with E-state index in [4.69, 9.17) is 17.4 Å². The van der Waals surface area contributed by atoms with Gasteiger partial charge in [0.15, 0.2) is 5.78 Å². The van der Waals surface area contributed by atoms with E-state index in [9.17, 15) is 13.2 Å². The van der Waals surface area contributed by atoms with Crippen molar-refractivity contribution in [2.75, 3.05) is 37.1 Å². The molecule has 0 aliphatic rings. The van der Waals surface area contributed by atoms with Crippen molar-refractivity contribution in [3.8, 4) is 5.75 Å². The average Bonchev–Trinajstić information content (AvgIpc) is 3.27. The Kier molecular flexibility index (Phi) is 8.86. The first kappa shape index (κ1) is 22.9. The smallest absolute Gasteiger partial charge is 0.229 e. The van der Waals surface area contributed by atoms with Gasteiger partial charge in [-0.25, -0.2) is 8.42 Å². The molecule has 1 aromatic heterocycles. The molecule has 8 heteroatoms. The summed E-state index contributed by atoms with van der Waals surface area (Å²) in [5, 5.41) is 0.498. The second kappa shape index (κ2) is 15.1. The summed E-state index contributed by atoms with van der Waals surface area (Å²) in [6, 6.07) is 11.1. The van der Waals surface area contributed by atoms with Crippen LogP contribution in [0.3, 0.4) is 0 Å². The SMILES string of the molecule is [2H]C([2H])(CCC)N(C([2H])([2H])CCC)C([2H])([2H])CCOc1ccc(C(=O)c2c(CCCC)oc3ccc(NS(C)(=O)=O)cc23)cc1. The number of rotatable bonds is 18. The number of hydrogen-bond donors (Lipinski definition) is 1. The molecule has 0 unspecified atom stereocenters. The minimum atomic E-state index is -3.53. The summed E-state index contributed by atoms with van der Waals surface area (Å²) in [6.45, 7) is -1.31. The Balaban J connectivity index is 1.82. The van der Waals surface area contributed by atoms with Crippen LogP contribution >= 0.6 is 0 Å². The molecule has 7 nitrogen and oxygen atoms in total. The highest BCUT2D eigenvalue weighted by Gasteiger charge is 2.22. The van der Waals surface area contributed by atoms with Crippen LogP contribution in [0.4, 0.5) is 5.69 Å². The monoisotopic (exact) mass is 562 g/mol. The highest BCUT2D eigenvalue weighted by molar-refractivity contribution is 7.92. The lowest BCUT2D eigenvalue weighted by Crippen LogP contribution is -2.28. The number of furan rings is 1. The van der Waals surface area contributed by atoms with Gasteiger partial charge in [0.2, 0.25) is 10.0 Å². The number of aryl methyl sites for hydroxylation is 1. The van der Waals surface area contributed by atoms with Gasteiger partial charge in [0.25, 0.3) is 0 Å².